The quantitative estimate of drug-likeness (QED) is 0.828. The maximum absolute atomic E-state index is 4.68. The van der Waals surface area contributed by atoms with Gasteiger partial charge in [-0.2, -0.15) is 16.9 Å². The van der Waals surface area contributed by atoms with Gasteiger partial charge in [0.1, 0.15) is 5.52 Å². The number of hydrogen-bond donors (Lipinski definition) is 0. The van der Waals surface area contributed by atoms with Gasteiger partial charge in [0.05, 0.1) is 5.69 Å². The van der Waals surface area contributed by atoms with E-state index in [1.54, 1.807) is 0 Å². The maximum Gasteiger partial charge on any atom is 0.154 e. The van der Waals surface area contributed by atoms with Crippen molar-refractivity contribution in [2.45, 2.75) is 18.8 Å². The van der Waals surface area contributed by atoms with E-state index in [0.717, 1.165) is 18.9 Å². The molecule has 3 heterocycles. The van der Waals surface area contributed by atoms with Crippen LogP contribution in [-0.4, -0.2) is 39.2 Å². The second-order valence-electron chi connectivity index (χ2n) is 5.02. The molecule has 0 aromatic carbocycles. The normalized spacial score (nSPS) is 20.6. The molecule has 0 radical (unpaired) electrons. The van der Waals surface area contributed by atoms with Crippen molar-refractivity contribution in [2.24, 2.45) is 0 Å². The lowest BCUT2D eigenvalue weighted by molar-refractivity contribution is 0.826. The standard InChI is InChI=1S/C13H16N4S/c1-2-10(1)11-9-12-13(14-3-4-17(12)15-11)16-5-7-18-8-6-16/h3-4,9-10H,1-2,5-8H2. The number of rotatable bonds is 2. The highest BCUT2D eigenvalue weighted by molar-refractivity contribution is 7.99. The van der Waals surface area contributed by atoms with Crippen molar-refractivity contribution in [3.8, 4) is 0 Å². The molecule has 0 N–H and O–H groups in total. The predicted molar refractivity (Wildman–Crippen MR) is 74.5 cm³/mol. The largest absolute Gasteiger partial charge is 0.353 e. The first-order chi connectivity index (χ1) is 8.92. The summed E-state index contributed by atoms with van der Waals surface area (Å²) in [7, 11) is 0. The summed E-state index contributed by atoms with van der Waals surface area (Å²) in [5.74, 6) is 4.21. The molecule has 4 nitrogen and oxygen atoms in total. The minimum atomic E-state index is 0.703. The molecule has 2 aromatic rings. The third-order valence-electron chi connectivity index (χ3n) is 3.69. The molecular formula is C13H16N4S. The molecule has 0 spiro atoms. The zero-order chi connectivity index (χ0) is 11.9. The van der Waals surface area contributed by atoms with Gasteiger partial charge in [-0.15, -0.1) is 0 Å². The van der Waals surface area contributed by atoms with Gasteiger partial charge in [-0.3, -0.25) is 0 Å². The van der Waals surface area contributed by atoms with Crippen molar-refractivity contribution in [3.63, 3.8) is 0 Å². The van der Waals surface area contributed by atoms with Crippen molar-refractivity contribution in [1.82, 2.24) is 14.6 Å². The number of fused-ring (bicyclic) bond motifs is 1. The van der Waals surface area contributed by atoms with Crippen LogP contribution in [-0.2, 0) is 0 Å². The van der Waals surface area contributed by atoms with Crippen LogP contribution in [0.1, 0.15) is 24.5 Å². The lowest BCUT2D eigenvalue weighted by atomic mass is 10.3. The molecule has 0 atom stereocenters. The first kappa shape index (κ1) is 10.7. The SMILES string of the molecule is c1cn2nc(C3CC3)cc2c(N2CCSCC2)n1. The maximum atomic E-state index is 4.68. The molecular weight excluding hydrogens is 244 g/mol. The molecule has 94 valence electrons. The average Bonchev–Trinajstić information content (AvgIpc) is 3.18. The fourth-order valence-corrected chi connectivity index (χ4v) is 3.43. The van der Waals surface area contributed by atoms with Crippen molar-refractivity contribution >= 4 is 23.1 Å². The Hall–Kier alpha value is -1.23. The van der Waals surface area contributed by atoms with Gasteiger partial charge in [-0.05, 0) is 18.9 Å². The summed E-state index contributed by atoms with van der Waals surface area (Å²) in [6.07, 6.45) is 6.43. The van der Waals surface area contributed by atoms with Crippen LogP contribution in [0.25, 0.3) is 5.52 Å². The second-order valence-corrected chi connectivity index (χ2v) is 6.25. The van der Waals surface area contributed by atoms with Crippen LogP contribution < -0.4 is 4.90 Å². The van der Waals surface area contributed by atoms with Crippen LogP contribution in [0.15, 0.2) is 18.5 Å². The second kappa shape index (κ2) is 4.16. The van der Waals surface area contributed by atoms with Crippen LogP contribution in [0.5, 0.6) is 0 Å². The summed E-state index contributed by atoms with van der Waals surface area (Å²) >= 11 is 2.03. The molecule has 2 aromatic heterocycles. The Morgan fingerprint density at radius 3 is 2.83 bits per heavy atom. The molecule has 18 heavy (non-hydrogen) atoms. The Morgan fingerprint density at radius 1 is 1.22 bits per heavy atom. The molecule has 5 heteroatoms. The Balaban J connectivity index is 1.78. The van der Waals surface area contributed by atoms with Gasteiger partial charge in [0.2, 0.25) is 0 Å². The number of hydrogen-bond acceptors (Lipinski definition) is 4. The van der Waals surface area contributed by atoms with Gasteiger partial charge < -0.3 is 4.90 Å². The van der Waals surface area contributed by atoms with E-state index in [1.807, 2.05) is 28.7 Å². The number of anilines is 1. The zero-order valence-electron chi connectivity index (χ0n) is 10.2. The fraction of sp³-hybridized carbons (Fsp3) is 0.538. The summed E-state index contributed by atoms with van der Waals surface area (Å²) in [6.45, 7) is 2.20. The van der Waals surface area contributed by atoms with Gasteiger partial charge >= 0.3 is 0 Å². The highest BCUT2D eigenvalue weighted by atomic mass is 32.2. The summed E-state index contributed by atoms with van der Waals surface area (Å²) in [5, 5.41) is 4.68. The molecule has 2 aliphatic rings. The molecule has 0 amide bonds. The van der Waals surface area contributed by atoms with Crippen molar-refractivity contribution in [3.05, 3.63) is 24.2 Å². The van der Waals surface area contributed by atoms with E-state index in [-0.39, 0.29) is 0 Å². The van der Waals surface area contributed by atoms with E-state index in [4.69, 9.17) is 0 Å². The lowest BCUT2D eigenvalue weighted by Crippen LogP contribution is -2.33. The van der Waals surface area contributed by atoms with Crippen LogP contribution in [0.2, 0.25) is 0 Å². The fourth-order valence-electron chi connectivity index (χ4n) is 2.52. The van der Waals surface area contributed by atoms with Crippen molar-refractivity contribution in [2.75, 3.05) is 29.5 Å². The van der Waals surface area contributed by atoms with E-state index >= 15 is 0 Å². The van der Waals surface area contributed by atoms with Crippen LogP contribution in [0, 0.1) is 0 Å². The molecule has 2 fully saturated rings. The monoisotopic (exact) mass is 260 g/mol. The summed E-state index contributed by atoms with van der Waals surface area (Å²) < 4.78 is 2.00. The highest BCUT2D eigenvalue weighted by Crippen LogP contribution is 2.40. The highest BCUT2D eigenvalue weighted by Gasteiger charge is 2.27. The Bertz CT molecular complexity index is 569. The topological polar surface area (TPSA) is 33.4 Å². The lowest BCUT2D eigenvalue weighted by Gasteiger charge is -2.27. The molecule has 0 unspecified atom stereocenters. The summed E-state index contributed by atoms with van der Waals surface area (Å²) in [6, 6.07) is 2.24. The van der Waals surface area contributed by atoms with Crippen LogP contribution >= 0.6 is 11.8 Å². The third-order valence-corrected chi connectivity index (χ3v) is 4.64. The van der Waals surface area contributed by atoms with Crippen LogP contribution in [0.4, 0.5) is 5.82 Å². The van der Waals surface area contributed by atoms with Gasteiger partial charge in [0, 0.05) is 42.9 Å². The molecule has 4 rings (SSSR count). The van der Waals surface area contributed by atoms with E-state index in [9.17, 15) is 0 Å². The molecule has 1 aliphatic carbocycles. The smallest absolute Gasteiger partial charge is 0.154 e. The molecule has 0 bridgehead atoms. The van der Waals surface area contributed by atoms with Gasteiger partial charge in [0.25, 0.3) is 0 Å². The Labute approximate surface area is 110 Å². The summed E-state index contributed by atoms with van der Waals surface area (Å²) in [4.78, 5) is 6.97. The van der Waals surface area contributed by atoms with E-state index < -0.39 is 0 Å². The van der Waals surface area contributed by atoms with E-state index in [1.165, 1.54) is 35.6 Å². The van der Waals surface area contributed by atoms with E-state index in [2.05, 4.69) is 21.0 Å². The predicted octanol–water partition coefficient (Wildman–Crippen LogP) is 2.16. The Kier molecular flexibility index (Phi) is 2.46. The molecule has 1 aliphatic heterocycles. The zero-order valence-corrected chi connectivity index (χ0v) is 11.1. The number of nitrogens with zero attached hydrogens (tertiary/aromatic N) is 4. The minimum Gasteiger partial charge on any atom is -0.353 e. The summed E-state index contributed by atoms with van der Waals surface area (Å²) in [5.41, 5.74) is 2.42. The van der Waals surface area contributed by atoms with Gasteiger partial charge in [-0.25, -0.2) is 9.50 Å². The number of thioether (sulfide) groups is 1. The van der Waals surface area contributed by atoms with Crippen LogP contribution in [0.3, 0.4) is 0 Å². The first-order valence-corrected chi connectivity index (χ1v) is 7.74. The third kappa shape index (κ3) is 1.77. The van der Waals surface area contributed by atoms with Crippen molar-refractivity contribution in [1.29, 1.82) is 0 Å². The molecule has 1 saturated heterocycles. The van der Waals surface area contributed by atoms with Crippen molar-refractivity contribution < 1.29 is 0 Å². The molecule has 1 saturated carbocycles. The number of aromatic nitrogens is 3. The van der Waals surface area contributed by atoms with E-state index in [0.29, 0.717) is 5.92 Å². The first-order valence-electron chi connectivity index (χ1n) is 6.59. The van der Waals surface area contributed by atoms with Gasteiger partial charge in [-0.1, -0.05) is 0 Å². The Morgan fingerprint density at radius 2 is 2.06 bits per heavy atom. The average molecular weight is 260 g/mol. The minimum absolute atomic E-state index is 0.703. The van der Waals surface area contributed by atoms with Gasteiger partial charge in [0.15, 0.2) is 5.82 Å².